The summed E-state index contributed by atoms with van der Waals surface area (Å²) in [5.41, 5.74) is 4.97. The molecule has 0 radical (unpaired) electrons. The van der Waals surface area contributed by atoms with Crippen molar-refractivity contribution >= 4 is 0 Å². The van der Waals surface area contributed by atoms with Crippen LogP contribution < -0.4 is 5.73 Å². The van der Waals surface area contributed by atoms with Gasteiger partial charge in [-0.25, -0.2) is 0 Å². The van der Waals surface area contributed by atoms with Gasteiger partial charge in [-0.2, -0.15) is 0 Å². The summed E-state index contributed by atoms with van der Waals surface area (Å²) in [6.07, 6.45) is -0.620. The number of aliphatic hydroxyl groups excluding tert-OH is 1. The number of nitrogens with two attached hydrogens (primary N) is 1. The summed E-state index contributed by atoms with van der Waals surface area (Å²) in [5, 5.41) is 9.53. The van der Waals surface area contributed by atoms with Gasteiger partial charge in [0.1, 0.15) is 0 Å². The number of hydrogen-bond acceptors (Lipinski definition) is 4. The lowest BCUT2D eigenvalue weighted by Crippen LogP contribution is -2.58. The van der Waals surface area contributed by atoms with Crippen LogP contribution in [0.25, 0.3) is 0 Å². The largest absolute Gasteiger partial charge is 0.391 e. The lowest BCUT2D eigenvalue weighted by molar-refractivity contribution is -0.167. The van der Waals surface area contributed by atoms with E-state index in [9.17, 15) is 5.11 Å². The van der Waals surface area contributed by atoms with Crippen LogP contribution in [0.1, 0.15) is 20.3 Å². The van der Waals surface area contributed by atoms with Crippen LogP contribution in [0.15, 0.2) is 0 Å². The highest BCUT2D eigenvalue weighted by Crippen LogP contribution is 2.17. The van der Waals surface area contributed by atoms with Crippen LogP contribution in [0, 0.1) is 0 Å². The van der Waals surface area contributed by atoms with E-state index in [4.69, 9.17) is 15.2 Å². The molecule has 0 aromatic carbocycles. The zero-order chi connectivity index (χ0) is 9.78. The van der Waals surface area contributed by atoms with Gasteiger partial charge in [0.2, 0.25) is 0 Å². The normalized spacial score (nSPS) is 19.2. The van der Waals surface area contributed by atoms with Crippen molar-refractivity contribution in [2.45, 2.75) is 38.2 Å². The van der Waals surface area contributed by atoms with Crippen molar-refractivity contribution in [2.75, 3.05) is 14.2 Å². The molecule has 0 saturated heterocycles. The first kappa shape index (κ1) is 11.8. The Kier molecular flexibility index (Phi) is 4.70. The van der Waals surface area contributed by atoms with Gasteiger partial charge in [-0.15, -0.1) is 0 Å². The Balaban J connectivity index is 4.33. The molecule has 2 unspecified atom stereocenters. The number of hydrogen-bond donors (Lipinski definition) is 2. The van der Waals surface area contributed by atoms with Crippen molar-refractivity contribution in [3.05, 3.63) is 0 Å². The molecule has 74 valence electrons. The maximum Gasteiger partial charge on any atom is 0.176 e. The second kappa shape index (κ2) is 4.77. The van der Waals surface area contributed by atoms with Crippen LogP contribution in [0.4, 0.5) is 0 Å². The van der Waals surface area contributed by atoms with E-state index in [2.05, 4.69) is 0 Å². The molecule has 0 fully saturated rings. The highest BCUT2D eigenvalue weighted by atomic mass is 16.7. The van der Waals surface area contributed by atoms with E-state index in [1.807, 2.05) is 6.92 Å². The molecule has 4 heteroatoms. The van der Waals surface area contributed by atoms with Gasteiger partial charge < -0.3 is 20.3 Å². The van der Waals surface area contributed by atoms with Gasteiger partial charge in [0.15, 0.2) is 6.29 Å². The summed E-state index contributed by atoms with van der Waals surface area (Å²) in [4.78, 5) is 0. The lowest BCUT2D eigenvalue weighted by atomic mass is 9.93. The molecule has 0 rings (SSSR count). The van der Waals surface area contributed by atoms with Crippen molar-refractivity contribution < 1.29 is 14.6 Å². The predicted molar refractivity (Wildman–Crippen MR) is 46.7 cm³/mol. The fraction of sp³-hybridized carbons (Fsp3) is 1.00. The Morgan fingerprint density at radius 1 is 1.42 bits per heavy atom. The zero-order valence-electron chi connectivity index (χ0n) is 8.20. The number of rotatable bonds is 5. The van der Waals surface area contributed by atoms with Gasteiger partial charge in [-0.3, -0.25) is 0 Å². The molecule has 2 atom stereocenters. The van der Waals surface area contributed by atoms with Gasteiger partial charge in [0.05, 0.1) is 11.6 Å². The SMILES string of the molecule is CCC(O)C(C)(N)C(OC)OC. The minimum Gasteiger partial charge on any atom is -0.391 e. The molecule has 0 bridgehead atoms. The minimum atomic E-state index is -0.863. The van der Waals surface area contributed by atoms with E-state index in [1.54, 1.807) is 6.92 Å². The summed E-state index contributed by atoms with van der Waals surface area (Å²) >= 11 is 0. The molecule has 0 aromatic rings. The summed E-state index contributed by atoms with van der Waals surface area (Å²) < 4.78 is 9.96. The highest BCUT2D eigenvalue weighted by Gasteiger charge is 2.36. The van der Waals surface area contributed by atoms with Crippen molar-refractivity contribution in [1.29, 1.82) is 0 Å². The molecule has 0 aliphatic carbocycles. The van der Waals surface area contributed by atoms with E-state index in [1.165, 1.54) is 14.2 Å². The van der Waals surface area contributed by atoms with Gasteiger partial charge >= 0.3 is 0 Å². The van der Waals surface area contributed by atoms with E-state index in [-0.39, 0.29) is 0 Å². The molecule has 0 heterocycles. The van der Waals surface area contributed by atoms with E-state index < -0.39 is 17.9 Å². The van der Waals surface area contributed by atoms with Crippen molar-refractivity contribution in [3.63, 3.8) is 0 Å². The topological polar surface area (TPSA) is 64.7 Å². The number of aliphatic hydroxyl groups is 1. The van der Waals surface area contributed by atoms with Gasteiger partial charge in [-0.05, 0) is 13.3 Å². The summed E-state index contributed by atoms with van der Waals surface area (Å²) in [7, 11) is 3.00. The third-order valence-corrected chi connectivity index (χ3v) is 2.04. The molecule has 0 aliphatic heterocycles. The first-order chi connectivity index (χ1) is 5.50. The number of ether oxygens (including phenoxy) is 2. The lowest BCUT2D eigenvalue weighted by Gasteiger charge is -2.35. The second-order valence-electron chi connectivity index (χ2n) is 3.09. The van der Waals surface area contributed by atoms with Gasteiger partial charge in [0, 0.05) is 14.2 Å². The van der Waals surface area contributed by atoms with Crippen molar-refractivity contribution in [3.8, 4) is 0 Å². The summed E-state index contributed by atoms with van der Waals surface area (Å²) in [5.74, 6) is 0. The predicted octanol–water partition coefficient (Wildman–Crippen LogP) is 0.0936. The average Bonchev–Trinajstić information content (AvgIpc) is 2.04. The molecule has 12 heavy (non-hydrogen) atoms. The third-order valence-electron chi connectivity index (χ3n) is 2.04. The minimum absolute atomic E-state index is 0.576. The van der Waals surface area contributed by atoms with E-state index in [0.717, 1.165) is 0 Å². The Labute approximate surface area is 73.7 Å². The van der Waals surface area contributed by atoms with Gasteiger partial charge in [-0.1, -0.05) is 6.92 Å². The monoisotopic (exact) mass is 177 g/mol. The molecule has 0 amide bonds. The van der Waals surface area contributed by atoms with E-state index >= 15 is 0 Å². The summed E-state index contributed by atoms with van der Waals surface area (Å²) in [6.45, 7) is 3.57. The van der Waals surface area contributed by atoms with Crippen LogP contribution >= 0.6 is 0 Å². The maximum atomic E-state index is 9.53. The quantitative estimate of drug-likeness (QED) is 0.584. The average molecular weight is 177 g/mol. The first-order valence-corrected chi connectivity index (χ1v) is 4.03. The smallest absolute Gasteiger partial charge is 0.176 e. The Morgan fingerprint density at radius 2 is 1.83 bits per heavy atom. The standard InChI is InChI=1S/C8H19NO3/c1-5-6(10)8(2,9)7(11-3)12-4/h6-7,10H,5,9H2,1-4H3. The maximum absolute atomic E-state index is 9.53. The Hall–Kier alpha value is -0.160. The van der Waals surface area contributed by atoms with Gasteiger partial charge in [0.25, 0.3) is 0 Å². The van der Waals surface area contributed by atoms with Crippen LogP contribution in [0.3, 0.4) is 0 Å². The number of methoxy groups -OCH3 is 2. The fourth-order valence-corrected chi connectivity index (χ4v) is 1.20. The summed E-state index contributed by atoms with van der Waals surface area (Å²) in [6, 6.07) is 0. The Morgan fingerprint density at radius 3 is 2.08 bits per heavy atom. The molecule has 0 spiro atoms. The van der Waals surface area contributed by atoms with Crippen LogP contribution in [0.5, 0.6) is 0 Å². The molecule has 0 saturated carbocycles. The molecule has 0 aromatic heterocycles. The van der Waals surface area contributed by atoms with Crippen LogP contribution in [-0.2, 0) is 9.47 Å². The van der Waals surface area contributed by atoms with Crippen LogP contribution in [-0.4, -0.2) is 37.3 Å². The highest BCUT2D eigenvalue weighted by molar-refractivity contribution is 4.89. The molecule has 4 nitrogen and oxygen atoms in total. The molecule has 3 N–H and O–H groups in total. The zero-order valence-corrected chi connectivity index (χ0v) is 8.20. The molecular weight excluding hydrogens is 158 g/mol. The van der Waals surface area contributed by atoms with E-state index in [0.29, 0.717) is 6.42 Å². The van der Waals surface area contributed by atoms with Crippen molar-refractivity contribution in [2.24, 2.45) is 5.73 Å². The van der Waals surface area contributed by atoms with Crippen molar-refractivity contribution in [1.82, 2.24) is 0 Å². The second-order valence-corrected chi connectivity index (χ2v) is 3.09. The van der Waals surface area contributed by atoms with Crippen LogP contribution in [0.2, 0.25) is 0 Å². The molecule has 0 aliphatic rings. The third kappa shape index (κ3) is 2.42. The fourth-order valence-electron chi connectivity index (χ4n) is 1.20. The Bertz CT molecular complexity index is 123. The first-order valence-electron chi connectivity index (χ1n) is 4.03. The molecular formula is C8H19NO3.